The van der Waals surface area contributed by atoms with E-state index in [1.807, 2.05) is 0 Å². The van der Waals surface area contributed by atoms with Crippen LogP contribution in [0, 0.1) is 0 Å². The van der Waals surface area contributed by atoms with Gasteiger partial charge in [-0.3, -0.25) is 9.78 Å². The van der Waals surface area contributed by atoms with E-state index in [1.165, 1.54) is 13.3 Å². The fourth-order valence-electron chi connectivity index (χ4n) is 0.824. The smallest absolute Gasteiger partial charge is 0.310 e. The lowest BCUT2D eigenvalue weighted by Crippen LogP contribution is -2.06. The van der Waals surface area contributed by atoms with Gasteiger partial charge in [-0.15, -0.1) is 0 Å². The number of carbonyl (C=O) groups is 1. The van der Waals surface area contributed by atoms with Gasteiger partial charge >= 0.3 is 5.97 Å². The van der Waals surface area contributed by atoms with Crippen LogP contribution in [0.4, 0.5) is 5.69 Å². The first kappa shape index (κ1) is 8.52. The van der Waals surface area contributed by atoms with Crippen molar-refractivity contribution in [2.24, 2.45) is 0 Å². The van der Waals surface area contributed by atoms with E-state index in [9.17, 15) is 4.79 Å². The van der Waals surface area contributed by atoms with Crippen LogP contribution in [0.3, 0.4) is 0 Å². The normalized spacial score (nSPS) is 9.42. The molecule has 0 aliphatic rings. The SMILES string of the molecule is COC(=O)Cc1ccncc1N. The zero-order valence-electron chi connectivity index (χ0n) is 6.78. The number of hydrogen-bond acceptors (Lipinski definition) is 4. The van der Waals surface area contributed by atoms with Gasteiger partial charge in [-0.2, -0.15) is 0 Å². The molecule has 0 aromatic carbocycles. The van der Waals surface area contributed by atoms with Crippen LogP contribution < -0.4 is 5.73 Å². The van der Waals surface area contributed by atoms with Crippen LogP contribution in [-0.4, -0.2) is 18.1 Å². The minimum absolute atomic E-state index is 0.199. The highest BCUT2D eigenvalue weighted by Crippen LogP contribution is 2.09. The molecule has 0 fully saturated rings. The zero-order chi connectivity index (χ0) is 8.97. The third-order valence-electron chi connectivity index (χ3n) is 1.51. The summed E-state index contributed by atoms with van der Waals surface area (Å²) in [5.41, 5.74) is 6.82. The molecule has 0 saturated carbocycles. The van der Waals surface area contributed by atoms with Gasteiger partial charge in [-0.05, 0) is 11.6 Å². The van der Waals surface area contributed by atoms with Crippen LogP contribution in [0.15, 0.2) is 18.5 Å². The molecule has 0 atom stereocenters. The van der Waals surface area contributed by atoms with Crippen molar-refractivity contribution in [2.45, 2.75) is 6.42 Å². The molecule has 0 aliphatic heterocycles. The molecule has 12 heavy (non-hydrogen) atoms. The second-order valence-corrected chi connectivity index (χ2v) is 2.33. The van der Waals surface area contributed by atoms with Gasteiger partial charge in [0, 0.05) is 6.20 Å². The zero-order valence-corrected chi connectivity index (χ0v) is 6.78. The van der Waals surface area contributed by atoms with Gasteiger partial charge in [0.15, 0.2) is 0 Å². The molecular formula is C8H10N2O2. The Morgan fingerprint density at radius 1 is 1.75 bits per heavy atom. The van der Waals surface area contributed by atoms with Crippen LogP contribution in [0.5, 0.6) is 0 Å². The predicted octanol–water partition coefficient (Wildman–Crippen LogP) is 0.379. The quantitative estimate of drug-likeness (QED) is 0.645. The number of methoxy groups -OCH3 is 1. The van der Waals surface area contributed by atoms with Gasteiger partial charge in [-0.25, -0.2) is 0 Å². The number of nitrogens with zero attached hydrogens (tertiary/aromatic N) is 1. The molecule has 1 heterocycles. The van der Waals surface area contributed by atoms with Crippen molar-refractivity contribution >= 4 is 11.7 Å². The summed E-state index contributed by atoms with van der Waals surface area (Å²) >= 11 is 0. The molecule has 0 spiro atoms. The predicted molar refractivity (Wildman–Crippen MR) is 44.4 cm³/mol. The van der Waals surface area contributed by atoms with Gasteiger partial charge < -0.3 is 10.5 Å². The van der Waals surface area contributed by atoms with E-state index in [2.05, 4.69) is 9.72 Å². The number of pyridine rings is 1. The van der Waals surface area contributed by atoms with Crippen molar-refractivity contribution in [1.82, 2.24) is 4.98 Å². The third kappa shape index (κ3) is 1.95. The Labute approximate surface area is 70.4 Å². The van der Waals surface area contributed by atoms with Crippen molar-refractivity contribution in [3.05, 3.63) is 24.0 Å². The maximum atomic E-state index is 10.8. The molecule has 0 bridgehead atoms. The highest BCUT2D eigenvalue weighted by atomic mass is 16.5. The topological polar surface area (TPSA) is 65.2 Å². The average molecular weight is 166 g/mol. The lowest BCUT2D eigenvalue weighted by Gasteiger charge is -2.01. The van der Waals surface area contributed by atoms with E-state index in [4.69, 9.17) is 5.73 Å². The monoisotopic (exact) mass is 166 g/mol. The molecule has 0 aliphatic carbocycles. The van der Waals surface area contributed by atoms with Crippen LogP contribution in [0.25, 0.3) is 0 Å². The maximum absolute atomic E-state index is 10.8. The number of ether oxygens (including phenoxy) is 1. The number of hydrogen-bond donors (Lipinski definition) is 1. The molecule has 0 saturated heterocycles. The Hall–Kier alpha value is -1.58. The van der Waals surface area contributed by atoms with E-state index in [0.717, 1.165) is 5.56 Å². The fourth-order valence-corrected chi connectivity index (χ4v) is 0.824. The fraction of sp³-hybridized carbons (Fsp3) is 0.250. The first-order valence-corrected chi connectivity index (χ1v) is 3.49. The van der Waals surface area contributed by atoms with Gasteiger partial charge in [-0.1, -0.05) is 0 Å². The number of anilines is 1. The molecule has 0 unspecified atom stereocenters. The summed E-state index contributed by atoms with van der Waals surface area (Å²) in [6.07, 6.45) is 3.30. The van der Waals surface area contributed by atoms with Crippen molar-refractivity contribution < 1.29 is 9.53 Å². The molecule has 0 amide bonds. The summed E-state index contributed by atoms with van der Waals surface area (Å²) < 4.78 is 4.49. The Kier molecular flexibility index (Phi) is 2.63. The maximum Gasteiger partial charge on any atom is 0.310 e. The van der Waals surface area contributed by atoms with Crippen molar-refractivity contribution in [3.63, 3.8) is 0 Å². The first-order chi connectivity index (χ1) is 5.74. The highest BCUT2D eigenvalue weighted by molar-refractivity contribution is 5.74. The van der Waals surface area contributed by atoms with Crippen LogP contribution in [-0.2, 0) is 16.0 Å². The molecule has 64 valence electrons. The Morgan fingerprint density at radius 2 is 2.50 bits per heavy atom. The number of aromatic nitrogens is 1. The number of rotatable bonds is 2. The molecular weight excluding hydrogens is 156 g/mol. The molecule has 1 rings (SSSR count). The minimum Gasteiger partial charge on any atom is -0.469 e. The summed E-state index contributed by atoms with van der Waals surface area (Å²) in [4.78, 5) is 14.6. The second kappa shape index (κ2) is 3.71. The molecule has 1 aromatic rings. The summed E-state index contributed by atoms with van der Waals surface area (Å²) in [6, 6.07) is 1.70. The van der Waals surface area contributed by atoms with E-state index < -0.39 is 0 Å². The molecule has 1 aromatic heterocycles. The standard InChI is InChI=1S/C8H10N2O2/c1-12-8(11)4-6-2-3-10-5-7(6)9/h2-3,5H,4,9H2,1H3. The number of carbonyl (C=O) groups excluding carboxylic acids is 1. The summed E-state index contributed by atoms with van der Waals surface area (Å²) in [6.45, 7) is 0. The summed E-state index contributed by atoms with van der Waals surface area (Å²) in [5, 5.41) is 0. The number of esters is 1. The summed E-state index contributed by atoms with van der Waals surface area (Å²) in [7, 11) is 1.35. The number of nitrogen functional groups attached to an aromatic ring is 1. The molecule has 2 N–H and O–H groups in total. The Bertz CT molecular complexity index is 286. The van der Waals surface area contributed by atoms with Crippen LogP contribution >= 0.6 is 0 Å². The first-order valence-electron chi connectivity index (χ1n) is 3.49. The Morgan fingerprint density at radius 3 is 3.08 bits per heavy atom. The summed E-state index contributed by atoms with van der Waals surface area (Å²) in [5.74, 6) is -0.298. The van der Waals surface area contributed by atoms with Gasteiger partial charge in [0.05, 0.1) is 25.4 Å². The van der Waals surface area contributed by atoms with Gasteiger partial charge in [0.1, 0.15) is 0 Å². The molecule has 0 radical (unpaired) electrons. The second-order valence-electron chi connectivity index (χ2n) is 2.33. The molecule has 4 heteroatoms. The largest absolute Gasteiger partial charge is 0.469 e. The van der Waals surface area contributed by atoms with Crippen molar-refractivity contribution in [2.75, 3.05) is 12.8 Å². The van der Waals surface area contributed by atoms with Crippen molar-refractivity contribution in [3.8, 4) is 0 Å². The minimum atomic E-state index is -0.298. The Balaban J connectivity index is 2.75. The van der Waals surface area contributed by atoms with E-state index in [-0.39, 0.29) is 12.4 Å². The van der Waals surface area contributed by atoms with Gasteiger partial charge in [0.2, 0.25) is 0 Å². The van der Waals surface area contributed by atoms with E-state index in [0.29, 0.717) is 5.69 Å². The highest BCUT2D eigenvalue weighted by Gasteiger charge is 2.04. The van der Waals surface area contributed by atoms with E-state index >= 15 is 0 Å². The van der Waals surface area contributed by atoms with Crippen molar-refractivity contribution in [1.29, 1.82) is 0 Å². The lowest BCUT2D eigenvalue weighted by molar-refractivity contribution is -0.139. The molecule has 4 nitrogen and oxygen atoms in total. The number of nitrogens with two attached hydrogens (primary N) is 1. The van der Waals surface area contributed by atoms with E-state index in [1.54, 1.807) is 12.3 Å². The van der Waals surface area contributed by atoms with Crippen LogP contribution in [0.1, 0.15) is 5.56 Å². The van der Waals surface area contributed by atoms with Gasteiger partial charge in [0.25, 0.3) is 0 Å². The lowest BCUT2D eigenvalue weighted by atomic mass is 10.2. The third-order valence-corrected chi connectivity index (χ3v) is 1.51. The average Bonchev–Trinajstić information content (AvgIpc) is 2.09. The van der Waals surface area contributed by atoms with Crippen LogP contribution in [0.2, 0.25) is 0 Å².